The Morgan fingerprint density at radius 1 is 1.17 bits per heavy atom. The van der Waals surface area contributed by atoms with Crippen LogP contribution in [0.2, 0.25) is 0 Å². The molecule has 2 aromatic heterocycles. The minimum atomic E-state index is -0.614. The summed E-state index contributed by atoms with van der Waals surface area (Å²) in [5.74, 6) is 0.440. The molecule has 36 heavy (non-hydrogen) atoms. The summed E-state index contributed by atoms with van der Waals surface area (Å²) < 4.78 is 17.0. The van der Waals surface area contributed by atoms with E-state index in [1.54, 1.807) is 35.6 Å². The molecule has 9 nitrogen and oxygen atoms in total. The fourth-order valence-corrected chi connectivity index (χ4v) is 4.05. The van der Waals surface area contributed by atoms with Gasteiger partial charge in [-0.2, -0.15) is 0 Å². The molecule has 0 unspecified atom stereocenters. The molecule has 0 aliphatic heterocycles. The van der Waals surface area contributed by atoms with E-state index in [9.17, 15) is 14.9 Å². The van der Waals surface area contributed by atoms with Crippen molar-refractivity contribution in [3.05, 3.63) is 74.8 Å². The number of alkyl carbamates (subject to hydrolysis) is 1. The number of thiophene rings is 1. The fraction of sp³-hybridized carbons (Fsp3) is 0.308. The van der Waals surface area contributed by atoms with E-state index in [1.807, 2.05) is 58.0 Å². The molecule has 0 radical (unpaired) electrons. The third-order valence-corrected chi connectivity index (χ3v) is 5.70. The van der Waals surface area contributed by atoms with Crippen LogP contribution in [0.5, 0.6) is 5.75 Å². The van der Waals surface area contributed by atoms with Gasteiger partial charge in [-0.15, -0.1) is 11.3 Å². The highest BCUT2D eigenvalue weighted by Gasteiger charge is 2.18. The van der Waals surface area contributed by atoms with Gasteiger partial charge >= 0.3 is 11.9 Å². The molecular weight excluding hydrogens is 482 g/mol. The van der Waals surface area contributed by atoms with E-state index in [1.165, 1.54) is 0 Å². The average Bonchev–Trinajstić information content (AvgIpc) is 3.22. The molecule has 3 rings (SSSR count). The van der Waals surface area contributed by atoms with Crippen molar-refractivity contribution >= 4 is 45.5 Å². The first-order valence-electron chi connectivity index (χ1n) is 11.3. The molecule has 1 amide bonds. The number of fused-ring (bicyclic) bond motifs is 1. The number of hydrogen-bond donors (Lipinski definition) is 1. The second kappa shape index (κ2) is 12.3. The molecule has 190 valence electrons. The van der Waals surface area contributed by atoms with E-state index in [0.717, 1.165) is 20.7 Å². The fourth-order valence-electron chi connectivity index (χ4n) is 3.04. The molecule has 0 spiro atoms. The van der Waals surface area contributed by atoms with E-state index in [0.29, 0.717) is 12.2 Å². The van der Waals surface area contributed by atoms with Gasteiger partial charge < -0.3 is 29.6 Å². The molecule has 2 heterocycles. The van der Waals surface area contributed by atoms with Crippen LogP contribution in [0.15, 0.2) is 48.6 Å². The Morgan fingerprint density at radius 3 is 2.67 bits per heavy atom. The summed E-state index contributed by atoms with van der Waals surface area (Å²) in [6.07, 6.45) is 6.46. The number of nitrogens with zero attached hydrogens (tertiary/aromatic N) is 2. The maximum atomic E-state index is 11.8. The Labute approximate surface area is 213 Å². The third kappa shape index (κ3) is 8.17. The van der Waals surface area contributed by atoms with Crippen molar-refractivity contribution in [1.29, 1.82) is 0 Å². The molecule has 0 saturated heterocycles. The number of hydrogen-bond acceptors (Lipinski definition) is 8. The van der Waals surface area contributed by atoms with Crippen molar-refractivity contribution < 1.29 is 23.9 Å². The van der Waals surface area contributed by atoms with Gasteiger partial charge in [0, 0.05) is 21.7 Å². The van der Waals surface area contributed by atoms with Crippen LogP contribution in [0.25, 0.3) is 22.2 Å². The van der Waals surface area contributed by atoms with Gasteiger partial charge in [0.05, 0.1) is 5.56 Å². The molecule has 0 atom stereocenters. The lowest BCUT2D eigenvalue weighted by Gasteiger charge is -2.19. The monoisotopic (exact) mass is 511 g/mol. The van der Waals surface area contributed by atoms with Crippen molar-refractivity contribution in [3.63, 3.8) is 0 Å². The summed E-state index contributed by atoms with van der Waals surface area (Å²) >= 11 is 1.61. The second-order valence-electron chi connectivity index (χ2n) is 8.75. The SMILES string of the molecule is CCOCOc1ccc2cc(/C=C/C=C/c3ccc(COC(=O)NC(C)(C)C)nc3[N+](=O)[O-])sc2c1. The summed E-state index contributed by atoms with van der Waals surface area (Å²) in [5.41, 5.74) is 0.184. The minimum absolute atomic E-state index is 0.170. The number of nitro groups is 1. The number of ether oxygens (including phenoxy) is 3. The number of nitrogens with one attached hydrogen (secondary N) is 1. The van der Waals surface area contributed by atoms with E-state index in [2.05, 4.69) is 16.4 Å². The lowest BCUT2D eigenvalue weighted by atomic mass is 10.1. The number of amides is 1. The Balaban J connectivity index is 1.65. The highest BCUT2D eigenvalue weighted by atomic mass is 32.1. The van der Waals surface area contributed by atoms with Gasteiger partial charge in [0.15, 0.2) is 19.1 Å². The van der Waals surface area contributed by atoms with Crippen molar-refractivity contribution in [1.82, 2.24) is 10.3 Å². The zero-order valence-electron chi connectivity index (χ0n) is 20.6. The number of rotatable bonds is 10. The van der Waals surface area contributed by atoms with Crippen LogP contribution in [-0.2, 0) is 16.1 Å². The standard InChI is InChI=1S/C26H29N3O6S/c1-5-33-17-35-21-13-11-19-14-22(36-23(19)15-21)9-7-6-8-18-10-12-20(27-24(18)29(31)32)16-34-25(30)28-26(2,3)4/h6-15H,5,16-17H2,1-4H3,(H,28,30)/b8-6+,9-7+. The molecule has 1 aromatic carbocycles. The highest BCUT2D eigenvalue weighted by Crippen LogP contribution is 2.30. The van der Waals surface area contributed by atoms with Crippen molar-refractivity contribution in [2.75, 3.05) is 13.4 Å². The second-order valence-corrected chi connectivity index (χ2v) is 9.86. The lowest BCUT2D eigenvalue weighted by molar-refractivity contribution is -0.389. The van der Waals surface area contributed by atoms with E-state index in [-0.39, 0.29) is 24.9 Å². The Bertz CT molecular complexity index is 1280. The van der Waals surface area contributed by atoms with E-state index in [4.69, 9.17) is 14.2 Å². The quantitative estimate of drug-likeness (QED) is 0.111. The predicted molar refractivity (Wildman–Crippen MR) is 141 cm³/mol. The van der Waals surface area contributed by atoms with Gasteiger partial charge in [0.1, 0.15) is 5.75 Å². The predicted octanol–water partition coefficient (Wildman–Crippen LogP) is 6.33. The number of aromatic nitrogens is 1. The molecule has 3 aromatic rings. The lowest BCUT2D eigenvalue weighted by Crippen LogP contribution is -2.40. The smallest absolute Gasteiger partial charge is 0.408 e. The molecule has 1 N–H and O–H groups in total. The maximum absolute atomic E-state index is 11.8. The van der Waals surface area contributed by atoms with Gasteiger partial charge in [-0.25, -0.2) is 4.79 Å². The summed E-state index contributed by atoms with van der Waals surface area (Å²) in [5, 5.41) is 15.3. The maximum Gasteiger partial charge on any atom is 0.408 e. The first kappa shape index (κ1) is 26.8. The zero-order chi connectivity index (χ0) is 26.1. The normalized spacial score (nSPS) is 11.9. The van der Waals surface area contributed by atoms with Crippen LogP contribution in [0.1, 0.15) is 43.8 Å². The molecular formula is C26H29N3O6S. The third-order valence-electron chi connectivity index (χ3n) is 4.64. The van der Waals surface area contributed by atoms with Crippen LogP contribution in [-0.4, -0.2) is 34.9 Å². The summed E-state index contributed by atoms with van der Waals surface area (Å²) in [6.45, 7) is 8.02. The van der Waals surface area contributed by atoms with E-state index >= 15 is 0 Å². The van der Waals surface area contributed by atoms with Crippen LogP contribution in [0.3, 0.4) is 0 Å². The van der Waals surface area contributed by atoms with Crippen LogP contribution < -0.4 is 10.1 Å². The molecule has 0 fully saturated rings. The topological polar surface area (TPSA) is 113 Å². The number of carbonyl (C=O) groups is 1. The summed E-state index contributed by atoms with van der Waals surface area (Å²) in [7, 11) is 0. The molecule has 10 heteroatoms. The van der Waals surface area contributed by atoms with Crippen molar-refractivity contribution in [2.24, 2.45) is 0 Å². The van der Waals surface area contributed by atoms with Gasteiger partial charge in [-0.05, 0) is 91.5 Å². The van der Waals surface area contributed by atoms with Gasteiger partial charge in [0.25, 0.3) is 0 Å². The van der Waals surface area contributed by atoms with Crippen LogP contribution in [0.4, 0.5) is 10.6 Å². The van der Waals surface area contributed by atoms with Crippen LogP contribution >= 0.6 is 11.3 Å². The highest BCUT2D eigenvalue weighted by molar-refractivity contribution is 7.19. The minimum Gasteiger partial charge on any atom is -0.468 e. The Kier molecular flexibility index (Phi) is 9.15. The van der Waals surface area contributed by atoms with Gasteiger partial charge in [-0.3, -0.25) is 0 Å². The number of pyridine rings is 1. The molecule has 0 saturated carbocycles. The largest absolute Gasteiger partial charge is 0.468 e. The van der Waals surface area contributed by atoms with Gasteiger partial charge in [0.2, 0.25) is 0 Å². The number of carbonyl (C=O) groups excluding carboxylic acids is 1. The molecule has 0 bridgehead atoms. The summed E-state index contributed by atoms with van der Waals surface area (Å²) in [6, 6.07) is 11.1. The first-order valence-corrected chi connectivity index (χ1v) is 12.1. The van der Waals surface area contributed by atoms with Crippen molar-refractivity contribution in [2.45, 2.75) is 39.8 Å². The van der Waals surface area contributed by atoms with Gasteiger partial charge in [-0.1, -0.05) is 12.2 Å². The number of benzene rings is 1. The number of allylic oxidation sites excluding steroid dienone is 2. The van der Waals surface area contributed by atoms with Crippen molar-refractivity contribution in [3.8, 4) is 5.75 Å². The Morgan fingerprint density at radius 2 is 1.94 bits per heavy atom. The van der Waals surface area contributed by atoms with Crippen LogP contribution in [0, 0.1) is 10.1 Å². The summed E-state index contributed by atoms with van der Waals surface area (Å²) in [4.78, 5) is 27.9. The first-order chi connectivity index (χ1) is 17.1. The van der Waals surface area contributed by atoms with E-state index < -0.39 is 16.6 Å². The molecule has 0 aliphatic carbocycles. The molecule has 0 aliphatic rings. The Hall–Kier alpha value is -3.76. The zero-order valence-corrected chi connectivity index (χ0v) is 21.5. The average molecular weight is 512 g/mol.